The van der Waals surface area contributed by atoms with Crippen molar-refractivity contribution in [2.45, 2.75) is 72.1 Å². The van der Waals surface area contributed by atoms with Gasteiger partial charge in [-0.1, -0.05) is 52.0 Å². The van der Waals surface area contributed by atoms with Crippen molar-refractivity contribution in [2.75, 3.05) is 0 Å². The smallest absolute Gasteiger partial charge is 0.156 e. The van der Waals surface area contributed by atoms with Crippen LogP contribution in [0.1, 0.15) is 72.1 Å². The molecule has 0 radical (unpaired) electrons. The van der Waals surface area contributed by atoms with E-state index in [0.717, 1.165) is 19.3 Å². The Hall–Kier alpha value is -0.590. The number of carbonyl (C=O) groups excluding carboxylic acids is 1. The van der Waals surface area contributed by atoms with E-state index in [2.05, 4.69) is 20.8 Å². The summed E-state index contributed by atoms with van der Waals surface area (Å²) in [5, 5.41) is 0. The second-order valence-electron chi connectivity index (χ2n) is 5.95. The van der Waals surface area contributed by atoms with Crippen molar-refractivity contribution >= 4 is 5.78 Å². The Morgan fingerprint density at radius 1 is 1.12 bits per heavy atom. The molecule has 0 aromatic heterocycles. The lowest BCUT2D eigenvalue weighted by atomic mass is 9.76. The lowest BCUT2D eigenvalue weighted by molar-refractivity contribution is -0.117. The minimum absolute atomic E-state index is 0.199. The lowest BCUT2D eigenvalue weighted by Crippen LogP contribution is -2.21. The van der Waals surface area contributed by atoms with E-state index in [9.17, 15) is 4.79 Å². The van der Waals surface area contributed by atoms with E-state index in [1.807, 2.05) is 6.08 Å². The van der Waals surface area contributed by atoms with Crippen LogP contribution in [-0.2, 0) is 4.79 Å². The Morgan fingerprint density at radius 3 is 2.44 bits per heavy atom. The normalized spacial score (nSPS) is 19.7. The number of allylic oxidation sites excluding steroid dienone is 2. The van der Waals surface area contributed by atoms with Crippen molar-refractivity contribution < 1.29 is 4.79 Å². The first-order chi connectivity index (χ1) is 7.53. The van der Waals surface area contributed by atoms with Gasteiger partial charge in [-0.25, -0.2) is 0 Å². The highest BCUT2D eigenvalue weighted by atomic mass is 16.1. The molecule has 0 heterocycles. The molecule has 1 heteroatoms. The Morgan fingerprint density at radius 2 is 1.81 bits per heavy atom. The molecule has 0 aliphatic heterocycles. The van der Waals surface area contributed by atoms with Gasteiger partial charge in [0.1, 0.15) is 0 Å². The summed E-state index contributed by atoms with van der Waals surface area (Å²) in [7, 11) is 0. The van der Waals surface area contributed by atoms with Crippen LogP contribution < -0.4 is 0 Å². The van der Waals surface area contributed by atoms with Crippen molar-refractivity contribution in [2.24, 2.45) is 5.41 Å². The molecule has 0 amide bonds. The summed E-state index contributed by atoms with van der Waals surface area (Å²) in [6.45, 7) is 6.65. The number of hydrogen-bond donors (Lipinski definition) is 0. The van der Waals surface area contributed by atoms with Crippen molar-refractivity contribution in [3.63, 3.8) is 0 Å². The van der Waals surface area contributed by atoms with E-state index in [1.165, 1.54) is 37.7 Å². The van der Waals surface area contributed by atoms with Crippen molar-refractivity contribution in [1.82, 2.24) is 0 Å². The average Bonchev–Trinajstić information content (AvgIpc) is 2.14. The number of rotatable bonds is 6. The van der Waals surface area contributed by atoms with Gasteiger partial charge in [-0.15, -0.1) is 0 Å². The van der Waals surface area contributed by atoms with Crippen LogP contribution in [0.25, 0.3) is 0 Å². The molecule has 0 fully saturated rings. The second kappa shape index (κ2) is 6.22. The molecule has 92 valence electrons. The summed E-state index contributed by atoms with van der Waals surface area (Å²) in [5.41, 5.74) is 1.59. The first-order valence-corrected chi connectivity index (χ1v) is 6.76. The zero-order valence-corrected chi connectivity index (χ0v) is 11.1. The van der Waals surface area contributed by atoms with Gasteiger partial charge in [0, 0.05) is 6.42 Å². The van der Waals surface area contributed by atoms with Crippen LogP contribution in [0.3, 0.4) is 0 Å². The molecule has 1 aliphatic rings. The molecule has 0 spiro atoms. The summed E-state index contributed by atoms with van der Waals surface area (Å²) in [6, 6.07) is 0. The van der Waals surface area contributed by atoms with Crippen LogP contribution in [0.5, 0.6) is 0 Å². The molecule has 0 aromatic carbocycles. The standard InChI is InChI=1S/C15H26O/c1-4-5-6-7-8-9-13-10-14(16)12-15(2,3)11-13/h10H,4-9,11-12H2,1-3H3. The number of hydrogen-bond acceptors (Lipinski definition) is 1. The largest absolute Gasteiger partial charge is 0.295 e. The maximum absolute atomic E-state index is 11.5. The van der Waals surface area contributed by atoms with E-state index >= 15 is 0 Å². The summed E-state index contributed by atoms with van der Waals surface area (Å²) >= 11 is 0. The van der Waals surface area contributed by atoms with Crippen molar-refractivity contribution in [1.29, 1.82) is 0 Å². The van der Waals surface area contributed by atoms with Gasteiger partial charge in [-0.2, -0.15) is 0 Å². The lowest BCUT2D eigenvalue weighted by Gasteiger charge is -2.28. The third-order valence-electron chi connectivity index (χ3n) is 3.32. The van der Waals surface area contributed by atoms with Crippen molar-refractivity contribution in [3.8, 4) is 0 Å². The Bertz CT molecular complexity index is 261. The molecule has 0 unspecified atom stereocenters. The van der Waals surface area contributed by atoms with Crippen molar-refractivity contribution in [3.05, 3.63) is 11.6 Å². The van der Waals surface area contributed by atoms with Crippen LogP contribution in [-0.4, -0.2) is 5.78 Å². The highest BCUT2D eigenvalue weighted by Crippen LogP contribution is 2.35. The van der Waals surface area contributed by atoms with E-state index in [4.69, 9.17) is 0 Å². The van der Waals surface area contributed by atoms with Gasteiger partial charge in [-0.3, -0.25) is 4.79 Å². The summed E-state index contributed by atoms with van der Waals surface area (Å²) in [4.78, 5) is 11.5. The van der Waals surface area contributed by atoms with Crippen LogP contribution in [0.4, 0.5) is 0 Å². The molecule has 0 saturated heterocycles. The molecule has 16 heavy (non-hydrogen) atoms. The highest BCUT2D eigenvalue weighted by Gasteiger charge is 2.26. The zero-order chi connectivity index (χ0) is 12.0. The first-order valence-electron chi connectivity index (χ1n) is 6.76. The SMILES string of the molecule is CCCCCCCC1=CC(=O)CC(C)(C)C1. The third-order valence-corrected chi connectivity index (χ3v) is 3.32. The molecular formula is C15H26O. The van der Waals surface area contributed by atoms with Crippen LogP contribution in [0, 0.1) is 5.41 Å². The van der Waals surface area contributed by atoms with Crippen LogP contribution in [0.15, 0.2) is 11.6 Å². The number of ketones is 1. The molecule has 1 nitrogen and oxygen atoms in total. The van der Waals surface area contributed by atoms with Gasteiger partial charge in [-0.05, 0) is 30.8 Å². The van der Waals surface area contributed by atoms with Gasteiger partial charge < -0.3 is 0 Å². The molecule has 1 aliphatic carbocycles. The van der Waals surface area contributed by atoms with E-state index in [-0.39, 0.29) is 5.41 Å². The monoisotopic (exact) mass is 222 g/mol. The first kappa shape index (κ1) is 13.5. The predicted molar refractivity (Wildman–Crippen MR) is 69.5 cm³/mol. The molecule has 0 N–H and O–H groups in total. The fourth-order valence-corrected chi connectivity index (χ4v) is 2.59. The Balaban J connectivity index is 2.28. The second-order valence-corrected chi connectivity index (χ2v) is 5.95. The summed E-state index contributed by atoms with van der Waals surface area (Å²) < 4.78 is 0. The minimum Gasteiger partial charge on any atom is -0.295 e. The molecule has 0 atom stereocenters. The fraction of sp³-hybridized carbons (Fsp3) is 0.800. The molecule has 0 saturated carbocycles. The van der Waals surface area contributed by atoms with E-state index in [0.29, 0.717) is 5.78 Å². The minimum atomic E-state index is 0.199. The van der Waals surface area contributed by atoms with Gasteiger partial charge >= 0.3 is 0 Å². The average molecular weight is 222 g/mol. The fourth-order valence-electron chi connectivity index (χ4n) is 2.59. The molecule has 0 bridgehead atoms. The maximum atomic E-state index is 11.5. The maximum Gasteiger partial charge on any atom is 0.156 e. The summed E-state index contributed by atoms with van der Waals surface area (Å²) in [5.74, 6) is 0.333. The number of unbranched alkanes of at least 4 members (excludes halogenated alkanes) is 4. The Labute approximate surface area is 100 Å². The van der Waals surface area contributed by atoms with Gasteiger partial charge in [0.25, 0.3) is 0 Å². The van der Waals surface area contributed by atoms with Gasteiger partial charge in [0.05, 0.1) is 0 Å². The van der Waals surface area contributed by atoms with E-state index in [1.54, 1.807) is 0 Å². The topological polar surface area (TPSA) is 17.1 Å². The van der Waals surface area contributed by atoms with Gasteiger partial charge in [0.15, 0.2) is 5.78 Å². The predicted octanol–water partition coefficient (Wildman–Crippen LogP) is 4.66. The molecule has 1 rings (SSSR count). The third kappa shape index (κ3) is 4.96. The quantitative estimate of drug-likeness (QED) is 0.597. The zero-order valence-electron chi connectivity index (χ0n) is 11.1. The van der Waals surface area contributed by atoms with Crippen LogP contribution in [0.2, 0.25) is 0 Å². The number of carbonyl (C=O) groups is 1. The summed E-state index contributed by atoms with van der Waals surface area (Å²) in [6.07, 6.45) is 11.5. The van der Waals surface area contributed by atoms with E-state index < -0.39 is 0 Å². The van der Waals surface area contributed by atoms with Crippen LogP contribution >= 0.6 is 0 Å². The molecule has 0 aromatic rings. The highest BCUT2D eigenvalue weighted by molar-refractivity contribution is 5.91. The van der Waals surface area contributed by atoms with Gasteiger partial charge in [0.2, 0.25) is 0 Å². The molecular weight excluding hydrogens is 196 g/mol. The Kier molecular flexibility index (Phi) is 5.24.